The van der Waals surface area contributed by atoms with E-state index in [2.05, 4.69) is 50.0 Å². The van der Waals surface area contributed by atoms with Crippen LogP contribution in [0.25, 0.3) is 10.9 Å². The van der Waals surface area contributed by atoms with Gasteiger partial charge in [-0.15, -0.1) is 10.2 Å². The second kappa shape index (κ2) is 4.34. The molecular weight excluding hydrogens is 339 g/mol. The smallest absolute Gasteiger partial charge is 0.218 e. The molecule has 0 amide bonds. The number of rotatable bonds is 1. The highest BCUT2D eigenvalue weighted by atomic mass is 127. The molecule has 0 aliphatic carbocycles. The van der Waals surface area contributed by atoms with Gasteiger partial charge < -0.3 is 15.8 Å². The average Bonchev–Trinajstić information content (AvgIpc) is 2.51. The Bertz CT molecular complexity index is 592. The van der Waals surface area contributed by atoms with Gasteiger partial charge >= 0.3 is 0 Å². The molecule has 1 heterocycles. The van der Waals surface area contributed by atoms with Crippen molar-refractivity contribution in [3.05, 3.63) is 21.8 Å². The third kappa shape index (κ3) is 2.14. The van der Waals surface area contributed by atoms with Gasteiger partial charge in [0.05, 0.1) is 5.52 Å². The zero-order valence-electron chi connectivity index (χ0n) is 7.94. The first-order valence-electron chi connectivity index (χ1n) is 4.29. The number of azo groups is 1. The molecule has 5 nitrogen and oxygen atoms in total. The molecule has 0 spiro atoms. The first-order valence-corrected chi connectivity index (χ1v) is 5.78. The lowest BCUT2D eigenvalue weighted by Crippen LogP contribution is -2.01. The minimum atomic E-state index is -0.0700. The van der Waals surface area contributed by atoms with E-state index in [1.807, 2.05) is 18.2 Å². The van der Waals surface area contributed by atoms with Gasteiger partial charge in [-0.05, 0) is 53.0 Å². The van der Waals surface area contributed by atoms with Crippen molar-refractivity contribution in [3.8, 4) is 5.88 Å². The van der Waals surface area contributed by atoms with E-state index < -0.39 is 0 Å². The SMILES string of the molecule is NC(=S)N=Nc1c(O)[nH]c2ccc(I)cc12. The summed E-state index contributed by atoms with van der Waals surface area (Å²) in [6, 6.07) is 5.67. The monoisotopic (exact) mass is 346 g/mol. The Morgan fingerprint density at radius 2 is 2.25 bits per heavy atom. The fraction of sp³-hybridized carbons (Fsp3) is 0. The van der Waals surface area contributed by atoms with Crippen LogP contribution in [0.5, 0.6) is 5.88 Å². The van der Waals surface area contributed by atoms with Crippen LogP contribution in [0.1, 0.15) is 0 Å². The number of aromatic nitrogens is 1. The van der Waals surface area contributed by atoms with Crippen LogP contribution in [0.15, 0.2) is 28.4 Å². The van der Waals surface area contributed by atoms with Gasteiger partial charge in [0.25, 0.3) is 0 Å². The summed E-state index contributed by atoms with van der Waals surface area (Å²) in [5, 5.41) is 17.7. The molecule has 0 radical (unpaired) electrons. The molecule has 2 aromatic rings. The summed E-state index contributed by atoms with van der Waals surface area (Å²) >= 11 is 6.76. The number of thiocarbonyl (C=S) groups is 1. The van der Waals surface area contributed by atoms with Crippen LogP contribution < -0.4 is 5.73 Å². The van der Waals surface area contributed by atoms with Crippen LogP contribution >= 0.6 is 34.8 Å². The van der Waals surface area contributed by atoms with Crippen LogP contribution in [0, 0.1) is 3.57 Å². The molecule has 0 saturated heterocycles. The van der Waals surface area contributed by atoms with Crippen LogP contribution in [-0.4, -0.2) is 15.2 Å². The molecule has 1 aromatic heterocycles. The van der Waals surface area contributed by atoms with Gasteiger partial charge in [0.1, 0.15) is 0 Å². The minimum Gasteiger partial charge on any atom is -0.493 e. The Balaban J connectivity index is 2.62. The number of nitrogens with one attached hydrogen (secondary N) is 1. The second-order valence-corrected chi connectivity index (χ2v) is 4.71. The Morgan fingerprint density at radius 3 is 2.94 bits per heavy atom. The summed E-state index contributed by atoms with van der Waals surface area (Å²) in [7, 11) is 0. The van der Waals surface area contributed by atoms with E-state index in [1.54, 1.807) is 0 Å². The number of aromatic amines is 1. The molecule has 1 aromatic carbocycles. The maximum absolute atomic E-state index is 9.64. The summed E-state index contributed by atoms with van der Waals surface area (Å²) in [5.74, 6) is -0.0444. The van der Waals surface area contributed by atoms with E-state index >= 15 is 0 Å². The Hall–Kier alpha value is -1.22. The van der Waals surface area contributed by atoms with Crippen molar-refractivity contribution < 1.29 is 5.11 Å². The third-order valence-electron chi connectivity index (χ3n) is 1.96. The van der Waals surface area contributed by atoms with Crippen LogP contribution in [0.2, 0.25) is 0 Å². The number of nitrogens with zero attached hydrogens (tertiary/aromatic N) is 2. The lowest BCUT2D eigenvalue weighted by molar-refractivity contribution is 0.459. The number of aromatic hydroxyl groups is 1. The molecule has 0 fully saturated rings. The number of halogens is 1. The van der Waals surface area contributed by atoms with Gasteiger partial charge in [0.15, 0.2) is 5.69 Å². The number of H-pyrrole nitrogens is 1. The fourth-order valence-corrected chi connectivity index (χ4v) is 1.87. The zero-order valence-corrected chi connectivity index (χ0v) is 10.9. The molecule has 0 aliphatic heterocycles. The van der Waals surface area contributed by atoms with Gasteiger partial charge in [-0.1, -0.05) is 0 Å². The van der Waals surface area contributed by atoms with Gasteiger partial charge in [-0.3, -0.25) is 0 Å². The Kier molecular flexibility index (Phi) is 3.06. The normalized spacial score (nSPS) is 11.3. The molecule has 0 saturated carbocycles. The number of hydrogen-bond donors (Lipinski definition) is 3. The first-order chi connectivity index (χ1) is 7.58. The van der Waals surface area contributed by atoms with Gasteiger partial charge in [0, 0.05) is 8.96 Å². The number of nitrogens with two attached hydrogens (primary N) is 1. The number of hydrogen-bond acceptors (Lipinski definition) is 3. The molecule has 0 bridgehead atoms. The van der Waals surface area contributed by atoms with Crippen LogP contribution in [0.3, 0.4) is 0 Å². The molecule has 82 valence electrons. The van der Waals surface area contributed by atoms with Crippen molar-refractivity contribution in [2.45, 2.75) is 0 Å². The van der Waals surface area contributed by atoms with Crippen molar-refractivity contribution in [2.24, 2.45) is 16.0 Å². The maximum Gasteiger partial charge on any atom is 0.218 e. The van der Waals surface area contributed by atoms with Gasteiger partial charge in [-0.25, -0.2) is 0 Å². The van der Waals surface area contributed by atoms with E-state index in [0.717, 1.165) is 14.5 Å². The topological polar surface area (TPSA) is 86.8 Å². The van der Waals surface area contributed by atoms with E-state index in [4.69, 9.17) is 5.73 Å². The summed E-state index contributed by atoms with van der Waals surface area (Å²) in [6.07, 6.45) is 0. The molecule has 16 heavy (non-hydrogen) atoms. The Morgan fingerprint density at radius 1 is 1.50 bits per heavy atom. The fourth-order valence-electron chi connectivity index (χ4n) is 1.34. The van der Waals surface area contributed by atoms with E-state index in [9.17, 15) is 5.11 Å². The lowest BCUT2D eigenvalue weighted by Gasteiger charge is -1.92. The van der Waals surface area contributed by atoms with E-state index in [-0.39, 0.29) is 11.0 Å². The molecule has 0 unspecified atom stereocenters. The second-order valence-electron chi connectivity index (χ2n) is 3.05. The molecule has 2 rings (SSSR count). The summed E-state index contributed by atoms with van der Waals surface area (Å²) in [5.41, 5.74) is 6.35. The highest BCUT2D eigenvalue weighted by molar-refractivity contribution is 14.1. The van der Waals surface area contributed by atoms with Crippen molar-refractivity contribution >= 4 is 56.5 Å². The highest BCUT2D eigenvalue weighted by Gasteiger charge is 2.10. The first kappa shape index (κ1) is 11.3. The maximum atomic E-state index is 9.64. The predicted molar refractivity (Wildman–Crippen MR) is 74.0 cm³/mol. The quantitative estimate of drug-likeness (QED) is 0.422. The largest absolute Gasteiger partial charge is 0.493 e. The van der Waals surface area contributed by atoms with E-state index in [1.165, 1.54) is 0 Å². The van der Waals surface area contributed by atoms with Crippen molar-refractivity contribution in [1.29, 1.82) is 0 Å². The summed E-state index contributed by atoms with van der Waals surface area (Å²) in [4.78, 5) is 2.79. The standard InChI is InChI=1S/C9H7IN4OS/c10-4-1-2-6-5(3-4)7(8(15)12-6)13-14-9(11)16/h1-3,12,15H,(H2,11,16). The van der Waals surface area contributed by atoms with Crippen LogP contribution in [-0.2, 0) is 0 Å². The molecule has 4 N–H and O–H groups in total. The molecule has 0 atom stereocenters. The average molecular weight is 346 g/mol. The van der Waals surface area contributed by atoms with Gasteiger partial charge in [0.2, 0.25) is 11.0 Å². The van der Waals surface area contributed by atoms with Crippen molar-refractivity contribution in [2.75, 3.05) is 0 Å². The number of benzene rings is 1. The van der Waals surface area contributed by atoms with E-state index in [0.29, 0.717) is 5.69 Å². The lowest BCUT2D eigenvalue weighted by atomic mass is 10.2. The van der Waals surface area contributed by atoms with Crippen molar-refractivity contribution in [1.82, 2.24) is 4.98 Å². The molecular formula is C9H7IN4OS. The van der Waals surface area contributed by atoms with Crippen LogP contribution in [0.4, 0.5) is 5.69 Å². The summed E-state index contributed by atoms with van der Waals surface area (Å²) in [6.45, 7) is 0. The highest BCUT2D eigenvalue weighted by Crippen LogP contribution is 2.36. The minimum absolute atomic E-state index is 0.0444. The molecule has 7 heteroatoms. The zero-order chi connectivity index (χ0) is 11.7. The molecule has 0 aliphatic rings. The van der Waals surface area contributed by atoms with Crippen molar-refractivity contribution in [3.63, 3.8) is 0 Å². The number of fused-ring (bicyclic) bond motifs is 1. The van der Waals surface area contributed by atoms with Gasteiger partial charge in [-0.2, -0.15) is 0 Å². The summed E-state index contributed by atoms with van der Waals surface area (Å²) < 4.78 is 1.04. The predicted octanol–water partition coefficient (Wildman–Crippen LogP) is 2.81. The Labute approximate surface area is 110 Å². The third-order valence-corrected chi connectivity index (χ3v) is 2.72.